The number of carbonyl (C=O) groups is 1. The first kappa shape index (κ1) is 34.1. The van der Waals surface area contributed by atoms with E-state index >= 15 is 0 Å². The van der Waals surface area contributed by atoms with Gasteiger partial charge in [0.25, 0.3) is 15.9 Å². The Bertz CT molecular complexity index is 2310. The maximum Gasteiger partial charge on any atom is 0.268 e. The summed E-state index contributed by atoms with van der Waals surface area (Å²) in [5, 5.41) is 0. The third-order valence-corrected chi connectivity index (χ3v) is 10.7. The average molecular weight is 700 g/mol. The number of para-hydroxylation sites is 2. The molecule has 260 valence electrons. The standard InChI is InChI=1S/C41H41N5O4S/c1-4-38-43-39-28(2)24-29(3)42-40(39)46(38)27-30-16-19-32(20-17-30)35-25-31(26-45-22-10-11-23-45)18-21-37(35)51(48,49)44-41(47)34-14-8-9-15-36(34)50-33-12-6-5-7-13-33/h5-9,12-21,24-25H,4,10-11,22-23,26-27H2,1-3H3,(H,44,47). The molecule has 0 spiro atoms. The van der Waals surface area contributed by atoms with Crippen LogP contribution in [-0.4, -0.2) is 46.8 Å². The number of hydrogen-bond donors (Lipinski definition) is 1. The molecule has 2 aromatic heterocycles. The molecule has 0 saturated carbocycles. The number of likely N-dealkylation sites (tertiary alicyclic amines) is 1. The highest BCUT2D eigenvalue weighted by atomic mass is 32.2. The number of amides is 1. The lowest BCUT2D eigenvalue weighted by molar-refractivity contribution is 0.0979. The van der Waals surface area contributed by atoms with Gasteiger partial charge in [-0.05, 0) is 104 Å². The summed E-state index contributed by atoms with van der Waals surface area (Å²) in [5.74, 6) is 0.978. The Hall–Kier alpha value is -5.32. The van der Waals surface area contributed by atoms with Crippen molar-refractivity contribution in [3.63, 3.8) is 0 Å². The molecule has 3 heterocycles. The van der Waals surface area contributed by atoms with Gasteiger partial charge in [-0.2, -0.15) is 0 Å². The molecule has 6 aromatic rings. The Morgan fingerprint density at radius 2 is 1.53 bits per heavy atom. The van der Waals surface area contributed by atoms with Crippen LogP contribution in [0.5, 0.6) is 11.5 Å². The molecule has 1 fully saturated rings. The lowest BCUT2D eigenvalue weighted by atomic mass is 10.0. The largest absolute Gasteiger partial charge is 0.457 e. The van der Waals surface area contributed by atoms with Crippen molar-refractivity contribution < 1.29 is 17.9 Å². The third-order valence-electron chi connectivity index (χ3n) is 9.29. The smallest absolute Gasteiger partial charge is 0.268 e. The summed E-state index contributed by atoms with van der Waals surface area (Å²) in [7, 11) is -4.30. The summed E-state index contributed by atoms with van der Waals surface area (Å²) in [5.41, 5.74) is 7.25. The Kier molecular flexibility index (Phi) is 9.71. The highest BCUT2D eigenvalue weighted by Gasteiger charge is 2.26. The molecule has 4 aromatic carbocycles. The van der Waals surface area contributed by atoms with Crippen molar-refractivity contribution in [2.45, 2.75) is 58.0 Å². The van der Waals surface area contributed by atoms with E-state index in [4.69, 9.17) is 14.7 Å². The Labute approximate surface area is 299 Å². The molecule has 0 aliphatic carbocycles. The fraction of sp³-hybridized carbons (Fsp3) is 0.244. The van der Waals surface area contributed by atoms with E-state index in [1.807, 2.05) is 61.5 Å². The Balaban J connectivity index is 1.21. The van der Waals surface area contributed by atoms with Crippen LogP contribution in [0, 0.1) is 13.8 Å². The second kappa shape index (κ2) is 14.5. The number of imidazole rings is 1. The summed E-state index contributed by atoms with van der Waals surface area (Å²) in [6.07, 6.45) is 3.08. The van der Waals surface area contributed by atoms with Crippen LogP contribution in [0.25, 0.3) is 22.3 Å². The van der Waals surface area contributed by atoms with Crippen LogP contribution in [0.4, 0.5) is 0 Å². The number of fused-ring (bicyclic) bond motifs is 1. The number of sulfonamides is 1. The lowest BCUT2D eigenvalue weighted by Gasteiger charge is -2.18. The van der Waals surface area contributed by atoms with Gasteiger partial charge in [-0.3, -0.25) is 9.69 Å². The molecule has 0 unspecified atom stereocenters. The van der Waals surface area contributed by atoms with Crippen LogP contribution in [0.3, 0.4) is 0 Å². The van der Waals surface area contributed by atoms with E-state index in [2.05, 4.69) is 34.1 Å². The molecule has 1 amide bonds. The zero-order valence-corrected chi connectivity index (χ0v) is 29.9. The molecule has 7 rings (SSSR count). The van der Waals surface area contributed by atoms with E-state index in [0.717, 1.165) is 83.8 Å². The molecular formula is C41H41N5O4S. The summed E-state index contributed by atoms with van der Waals surface area (Å²) >= 11 is 0. The van der Waals surface area contributed by atoms with Gasteiger partial charge in [0, 0.05) is 24.2 Å². The SMILES string of the molecule is CCc1nc2c(C)cc(C)nc2n1Cc1ccc(-c2cc(CN3CCCC3)ccc2S(=O)(=O)NC(=O)c2ccccc2Oc2ccccc2)cc1. The zero-order chi connectivity index (χ0) is 35.5. The van der Waals surface area contributed by atoms with Gasteiger partial charge in [-0.25, -0.2) is 23.1 Å². The van der Waals surface area contributed by atoms with Gasteiger partial charge in [-0.15, -0.1) is 0 Å². The molecule has 51 heavy (non-hydrogen) atoms. The van der Waals surface area contributed by atoms with Gasteiger partial charge in [0.05, 0.1) is 17.0 Å². The Morgan fingerprint density at radius 1 is 0.824 bits per heavy atom. The van der Waals surface area contributed by atoms with E-state index in [1.165, 1.54) is 0 Å². The van der Waals surface area contributed by atoms with E-state index in [-0.39, 0.29) is 16.2 Å². The first-order valence-corrected chi connectivity index (χ1v) is 18.8. The molecule has 1 aliphatic heterocycles. The van der Waals surface area contributed by atoms with Crippen molar-refractivity contribution in [3.05, 3.63) is 137 Å². The second-order valence-electron chi connectivity index (χ2n) is 13.1. The van der Waals surface area contributed by atoms with E-state index in [9.17, 15) is 13.2 Å². The minimum Gasteiger partial charge on any atom is -0.457 e. The van der Waals surface area contributed by atoms with Crippen LogP contribution in [0.2, 0.25) is 0 Å². The highest BCUT2D eigenvalue weighted by molar-refractivity contribution is 7.90. The van der Waals surface area contributed by atoms with Crippen molar-refractivity contribution in [1.29, 1.82) is 0 Å². The van der Waals surface area contributed by atoms with E-state index in [1.54, 1.807) is 42.5 Å². The second-order valence-corrected chi connectivity index (χ2v) is 14.7. The quantitative estimate of drug-likeness (QED) is 0.147. The summed E-state index contributed by atoms with van der Waals surface area (Å²) in [6.45, 7) is 9.48. The molecule has 0 bridgehead atoms. The van der Waals surface area contributed by atoms with Crippen LogP contribution in [0.1, 0.15) is 58.3 Å². The molecule has 1 saturated heterocycles. The fourth-order valence-corrected chi connectivity index (χ4v) is 7.96. The minimum atomic E-state index is -4.30. The molecular weight excluding hydrogens is 659 g/mol. The average Bonchev–Trinajstić information content (AvgIpc) is 3.77. The minimum absolute atomic E-state index is 0.0271. The number of carbonyl (C=O) groups excluding carboxylic acids is 1. The van der Waals surface area contributed by atoms with Crippen molar-refractivity contribution in [2.75, 3.05) is 13.1 Å². The van der Waals surface area contributed by atoms with Gasteiger partial charge in [0.1, 0.15) is 22.8 Å². The third kappa shape index (κ3) is 7.43. The zero-order valence-electron chi connectivity index (χ0n) is 29.1. The number of nitrogens with one attached hydrogen (secondary N) is 1. The van der Waals surface area contributed by atoms with E-state index < -0.39 is 15.9 Å². The van der Waals surface area contributed by atoms with Crippen LogP contribution in [-0.2, 0) is 29.5 Å². The van der Waals surface area contributed by atoms with Crippen molar-refractivity contribution >= 4 is 27.1 Å². The van der Waals surface area contributed by atoms with Crippen LogP contribution in [0.15, 0.2) is 108 Å². The number of ether oxygens (including phenoxy) is 1. The number of nitrogens with zero attached hydrogens (tertiary/aromatic N) is 4. The number of benzene rings is 4. The van der Waals surface area contributed by atoms with Crippen molar-refractivity contribution in [3.8, 4) is 22.6 Å². The van der Waals surface area contributed by atoms with Gasteiger partial charge in [0.2, 0.25) is 0 Å². The first-order valence-electron chi connectivity index (χ1n) is 17.4. The summed E-state index contributed by atoms with van der Waals surface area (Å²) in [6, 6.07) is 31.0. The summed E-state index contributed by atoms with van der Waals surface area (Å²) < 4.78 is 38.6. The number of aromatic nitrogens is 3. The number of rotatable bonds is 11. The molecule has 1 N–H and O–H groups in total. The van der Waals surface area contributed by atoms with E-state index in [0.29, 0.717) is 17.9 Å². The fourth-order valence-electron chi connectivity index (χ4n) is 6.78. The molecule has 1 aliphatic rings. The van der Waals surface area contributed by atoms with Gasteiger partial charge in [0.15, 0.2) is 5.65 Å². The van der Waals surface area contributed by atoms with Gasteiger partial charge >= 0.3 is 0 Å². The predicted octanol–water partition coefficient (Wildman–Crippen LogP) is 7.83. The topological polar surface area (TPSA) is 106 Å². The number of hydrogen-bond acceptors (Lipinski definition) is 7. The maximum atomic E-state index is 14.1. The molecule has 0 radical (unpaired) electrons. The number of aryl methyl sites for hydroxylation is 3. The van der Waals surface area contributed by atoms with Crippen molar-refractivity contribution in [2.24, 2.45) is 0 Å². The van der Waals surface area contributed by atoms with Gasteiger partial charge < -0.3 is 9.30 Å². The maximum absolute atomic E-state index is 14.1. The number of pyridine rings is 1. The summed E-state index contributed by atoms with van der Waals surface area (Å²) in [4.78, 5) is 25.7. The normalized spacial score (nSPS) is 13.5. The van der Waals surface area contributed by atoms with Gasteiger partial charge in [-0.1, -0.05) is 67.6 Å². The van der Waals surface area contributed by atoms with Crippen molar-refractivity contribution in [1.82, 2.24) is 24.2 Å². The molecule has 9 nitrogen and oxygen atoms in total. The highest BCUT2D eigenvalue weighted by Crippen LogP contribution is 2.32. The lowest BCUT2D eigenvalue weighted by Crippen LogP contribution is -2.31. The van der Waals surface area contributed by atoms with Crippen LogP contribution >= 0.6 is 0 Å². The molecule has 0 atom stereocenters. The monoisotopic (exact) mass is 699 g/mol. The Morgan fingerprint density at radius 3 is 2.27 bits per heavy atom. The predicted molar refractivity (Wildman–Crippen MR) is 199 cm³/mol. The van der Waals surface area contributed by atoms with Crippen LogP contribution < -0.4 is 9.46 Å². The molecule has 10 heteroatoms. The first-order chi connectivity index (χ1) is 24.7.